The Morgan fingerprint density at radius 2 is 1.82 bits per heavy atom. The minimum absolute atomic E-state index is 0.495. The summed E-state index contributed by atoms with van der Waals surface area (Å²) in [6, 6.07) is 14.3. The average molecular weight is 299 g/mol. The zero-order valence-corrected chi connectivity index (χ0v) is 12.2. The van der Waals surface area contributed by atoms with E-state index in [0.29, 0.717) is 30.0 Å². The van der Waals surface area contributed by atoms with Gasteiger partial charge in [0.05, 0.1) is 6.61 Å². The van der Waals surface area contributed by atoms with Crippen LogP contribution in [0.5, 0.6) is 5.75 Å². The number of carbonyl (C=O) groups excluding carboxylic acids is 1. The van der Waals surface area contributed by atoms with Gasteiger partial charge in [-0.05, 0) is 36.8 Å². The molecule has 2 aromatic rings. The molecule has 1 amide bonds. The second-order valence-electron chi connectivity index (χ2n) is 4.59. The summed E-state index contributed by atoms with van der Waals surface area (Å²) in [5.41, 5.74) is 1.03. The van der Waals surface area contributed by atoms with Crippen LogP contribution in [0.25, 0.3) is 0 Å². The van der Waals surface area contributed by atoms with Crippen molar-refractivity contribution in [3.63, 3.8) is 0 Å². The van der Waals surface area contributed by atoms with Gasteiger partial charge in [0.2, 0.25) is 6.41 Å². The molecule has 0 aliphatic carbocycles. The smallest absolute Gasteiger partial charge is 0.331 e. The van der Waals surface area contributed by atoms with E-state index in [1.54, 1.807) is 54.6 Å². The van der Waals surface area contributed by atoms with E-state index in [-0.39, 0.29) is 0 Å². The summed E-state index contributed by atoms with van der Waals surface area (Å²) in [5, 5.41) is 9.50. The number of carboxylic acid groups (broad SMARTS) is 1. The van der Waals surface area contributed by atoms with E-state index in [4.69, 9.17) is 4.74 Å². The molecule has 5 heteroatoms. The molecule has 2 aromatic carbocycles. The van der Waals surface area contributed by atoms with E-state index in [2.05, 4.69) is 0 Å². The Morgan fingerprint density at radius 1 is 1.18 bits per heavy atom. The lowest BCUT2D eigenvalue weighted by molar-refractivity contribution is -0.139. The highest BCUT2D eigenvalue weighted by Gasteiger charge is 2.27. The fraction of sp³-hybridized carbons (Fsp3) is 0.176. The lowest BCUT2D eigenvalue weighted by Gasteiger charge is -2.25. The number of carbonyl (C=O) groups is 2. The topological polar surface area (TPSA) is 66.8 Å². The van der Waals surface area contributed by atoms with Gasteiger partial charge in [0.1, 0.15) is 5.75 Å². The largest absolute Gasteiger partial charge is 0.494 e. The SMILES string of the molecule is CCOc1ccc(N(C=O)C(C(=O)O)c2ccccc2)cc1. The summed E-state index contributed by atoms with van der Waals surface area (Å²) in [4.78, 5) is 24.3. The maximum absolute atomic E-state index is 11.6. The van der Waals surface area contributed by atoms with E-state index in [9.17, 15) is 14.7 Å². The molecule has 0 aromatic heterocycles. The summed E-state index contributed by atoms with van der Waals surface area (Å²) in [7, 11) is 0. The van der Waals surface area contributed by atoms with Crippen molar-refractivity contribution in [1.82, 2.24) is 0 Å². The summed E-state index contributed by atoms with van der Waals surface area (Å²) >= 11 is 0. The molecule has 2 rings (SSSR count). The van der Waals surface area contributed by atoms with Gasteiger partial charge in [-0.3, -0.25) is 9.69 Å². The molecule has 0 spiro atoms. The Morgan fingerprint density at radius 3 is 2.32 bits per heavy atom. The quantitative estimate of drug-likeness (QED) is 0.798. The highest BCUT2D eigenvalue weighted by molar-refractivity contribution is 5.89. The van der Waals surface area contributed by atoms with Crippen LogP contribution in [0.4, 0.5) is 5.69 Å². The molecule has 0 fully saturated rings. The van der Waals surface area contributed by atoms with Crippen molar-refractivity contribution in [3.05, 3.63) is 60.2 Å². The second kappa shape index (κ2) is 7.26. The van der Waals surface area contributed by atoms with Crippen molar-refractivity contribution in [2.45, 2.75) is 13.0 Å². The highest BCUT2D eigenvalue weighted by Crippen LogP contribution is 2.27. The van der Waals surface area contributed by atoms with Gasteiger partial charge in [0.25, 0.3) is 0 Å². The first-order valence-corrected chi connectivity index (χ1v) is 6.91. The summed E-state index contributed by atoms with van der Waals surface area (Å²) in [6.45, 7) is 2.42. The van der Waals surface area contributed by atoms with Crippen LogP contribution in [0.3, 0.4) is 0 Å². The lowest BCUT2D eigenvalue weighted by Crippen LogP contribution is -2.33. The number of hydrogen-bond donors (Lipinski definition) is 1. The van der Waals surface area contributed by atoms with Gasteiger partial charge in [-0.1, -0.05) is 30.3 Å². The van der Waals surface area contributed by atoms with Crippen molar-refractivity contribution in [3.8, 4) is 5.75 Å². The van der Waals surface area contributed by atoms with Crippen molar-refractivity contribution in [2.75, 3.05) is 11.5 Å². The number of carboxylic acids is 1. The van der Waals surface area contributed by atoms with Gasteiger partial charge in [0, 0.05) is 5.69 Å². The molecule has 1 N–H and O–H groups in total. The maximum Gasteiger partial charge on any atom is 0.331 e. The van der Waals surface area contributed by atoms with Gasteiger partial charge < -0.3 is 9.84 Å². The minimum atomic E-state index is -1.09. The number of amides is 1. The molecule has 0 saturated heterocycles. The molecule has 0 saturated carbocycles. The van der Waals surface area contributed by atoms with Crippen LogP contribution in [0.15, 0.2) is 54.6 Å². The number of ether oxygens (including phenoxy) is 1. The predicted molar refractivity (Wildman–Crippen MR) is 83.0 cm³/mol. The summed E-state index contributed by atoms with van der Waals surface area (Å²) < 4.78 is 5.34. The van der Waals surface area contributed by atoms with E-state index in [1.165, 1.54) is 4.90 Å². The molecule has 0 radical (unpaired) electrons. The van der Waals surface area contributed by atoms with Crippen LogP contribution in [0, 0.1) is 0 Å². The third-order valence-electron chi connectivity index (χ3n) is 3.19. The molecule has 0 bridgehead atoms. The number of nitrogens with zero attached hydrogens (tertiary/aromatic N) is 1. The van der Waals surface area contributed by atoms with Crippen LogP contribution in [-0.2, 0) is 9.59 Å². The summed E-state index contributed by atoms with van der Waals surface area (Å²) in [5.74, 6) is -0.420. The zero-order valence-electron chi connectivity index (χ0n) is 12.2. The Balaban J connectivity index is 2.35. The molecule has 1 unspecified atom stereocenters. The lowest BCUT2D eigenvalue weighted by atomic mass is 10.1. The van der Waals surface area contributed by atoms with Crippen LogP contribution in [-0.4, -0.2) is 24.1 Å². The Bertz CT molecular complexity index is 625. The van der Waals surface area contributed by atoms with Crippen molar-refractivity contribution in [2.24, 2.45) is 0 Å². The van der Waals surface area contributed by atoms with E-state index < -0.39 is 12.0 Å². The first-order valence-electron chi connectivity index (χ1n) is 6.91. The third kappa shape index (κ3) is 3.44. The number of anilines is 1. The Labute approximate surface area is 128 Å². The first kappa shape index (κ1) is 15.6. The maximum atomic E-state index is 11.6. The van der Waals surface area contributed by atoms with Crippen LogP contribution in [0.2, 0.25) is 0 Å². The van der Waals surface area contributed by atoms with Crippen LogP contribution < -0.4 is 9.64 Å². The van der Waals surface area contributed by atoms with Gasteiger partial charge in [0.15, 0.2) is 6.04 Å². The van der Waals surface area contributed by atoms with E-state index in [0.717, 1.165) is 0 Å². The molecule has 1 atom stereocenters. The van der Waals surface area contributed by atoms with Gasteiger partial charge in [-0.2, -0.15) is 0 Å². The van der Waals surface area contributed by atoms with Crippen LogP contribution >= 0.6 is 0 Å². The molecule has 5 nitrogen and oxygen atoms in total. The van der Waals surface area contributed by atoms with E-state index in [1.807, 2.05) is 6.92 Å². The fourth-order valence-corrected chi connectivity index (χ4v) is 2.21. The van der Waals surface area contributed by atoms with Crippen molar-refractivity contribution >= 4 is 18.1 Å². The molecular formula is C17H17NO4. The van der Waals surface area contributed by atoms with Gasteiger partial charge >= 0.3 is 5.97 Å². The molecule has 0 aliphatic rings. The second-order valence-corrected chi connectivity index (χ2v) is 4.59. The average Bonchev–Trinajstić information content (AvgIpc) is 2.54. The molecule has 0 heterocycles. The summed E-state index contributed by atoms with van der Waals surface area (Å²) in [6.07, 6.45) is 0.529. The Hall–Kier alpha value is -2.82. The van der Waals surface area contributed by atoms with Gasteiger partial charge in [-0.15, -0.1) is 0 Å². The highest BCUT2D eigenvalue weighted by atomic mass is 16.5. The van der Waals surface area contributed by atoms with Crippen molar-refractivity contribution in [1.29, 1.82) is 0 Å². The Kier molecular flexibility index (Phi) is 5.14. The first-order chi connectivity index (χ1) is 10.7. The normalized spacial score (nSPS) is 11.5. The number of hydrogen-bond acceptors (Lipinski definition) is 3. The van der Waals surface area contributed by atoms with Crippen LogP contribution in [0.1, 0.15) is 18.5 Å². The number of rotatable bonds is 7. The monoisotopic (exact) mass is 299 g/mol. The zero-order chi connectivity index (χ0) is 15.9. The minimum Gasteiger partial charge on any atom is -0.494 e. The fourth-order valence-electron chi connectivity index (χ4n) is 2.21. The van der Waals surface area contributed by atoms with Gasteiger partial charge in [-0.25, -0.2) is 4.79 Å². The molecular weight excluding hydrogens is 282 g/mol. The molecule has 114 valence electrons. The predicted octanol–water partition coefficient (Wildman–Crippen LogP) is 2.87. The van der Waals surface area contributed by atoms with E-state index >= 15 is 0 Å². The standard InChI is InChI=1S/C17H17NO4/c1-2-22-15-10-8-14(9-11-15)18(12-19)16(17(20)21)13-6-4-3-5-7-13/h3-12,16H,2H2,1H3,(H,20,21). The third-order valence-corrected chi connectivity index (χ3v) is 3.19. The number of benzene rings is 2. The molecule has 22 heavy (non-hydrogen) atoms. The number of aliphatic carboxylic acids is 1. The molecule has 0 aliphatic heterocycles. The van der Waals surface area contributed by atoms with Crippen molar-refractivity contribution < 1.29 is 19.4 Å².